The van der Waals surface area contributed by atoms with Crippen molar-refractivity contribution in [2.45, 2.75) is 37.8 Å². The minimum atomic E-state index is -4.23. The van der Waals surface area contributed by atoms with Gasteiger partial charge in [-0.2, -0.15) is 13.2 Å². The molecule has 2 fully saturated rings. The van der Waals surface area contributed by atoms with Crippen LogP contribution in [0, 0.1) is 5.92 Å². The molecular weight excluding hydrogens is 263 g/mol. The average Bonchev–Trinajstić information content (AvgIpc) is 2.99. The molecule has 0 aromatic heterocycles. The molecule has 3 rings (SSSR count). The topological polar surface area (TPSA) is 3.24 Å². The number of hydrogen-bond acceptors (Lipinski definition) is 1. The maximum Gasteiger partial charge on any atom is 0.416 e. The van der Waals surface area contributed by atoms with Gasteiger partial charge in [0.1, 0.15) is 0 Å². The molecule has 2 atom stereocenters. The highest BCUT2D eigenvalue weighted by atomic mass is 19.4. The van der Waals surface area contributed by atoms with Crippen molar-refractivity contribution >= 4 is 0 Å². The molecule has 1 heterocycles. The van der Waals surface area contributed by atoms with E-state index in [1.807, 2.05) is 0 Å². The molecule has 1 saturated carbocycles. The largest absolute Gasteiger partial charge is 0.416 e. The lowest BCUT2D eigenvalue weighted by Gasteiger charge is -2.21. The Balaban J connectivity index is 1.71. The highest BCUT2D eigenvalue weighted by molar-refractivity contribution is 5.39. The molecule has 0 spiro atoms. The quantitative estimate of drug-likeness (QED) is 0.805. The molecule has 1 saturated heterocycles. The zero-order valence-corrected chi connectivity index (χ0v) is 11.7. The van der Waals surface area contributed by atoms with Crippen molar-refractivity contribution in [2.75, 3.05) is 19.6 Å². The van der Waals surface area contributed by atoms with Crippen LogP contribution in [0.4, 0.5) is 13.2 Å². The molecule has 1 nitrogen and oxygen atoms in total. The molecule has 0 radical (unpaired) electrons. The predicted molar refractivity (Wildman–Crippen MR) is 72.6 cm³/mol. The van der Waals surface area contributed by atoms with E-state index in [9.17, 15) is 13.2 Å². The van der Waals surface area contributed by atoms with Crippen molar-refractivity contribution in [3.63, 3.8) is 0 Å². The lowest BCUT2D eigenvalue weighted by molar-refractivity contribution is -0.137. The van der Waals surface area contributed by atoms with Gasteiger partial charge in [-0.1, -0.05) is 25.5 Å². The Kier molecular flexibility index (Phi) is 3.32. The van der Waals surface area contributed by atoms with E-state index in [0.29, 0.717) is 5.92 Å². The highest BCUT2D eigenvalue weighted by Crippen LogP contribution is 2.59. The second-order valence-electron chi connectivity index (χ2n) is 6.22. The fourth-order valence-electron chi connectivity index (χ4n) is 3.58. The van der Waals surface area contributed by atoms with Crippen molar-refractivity contribution < 1.29 is 13.2 Å². The van der Waals surface area contributed by atoms with Crippen molar-refractivity contribution in [3.05, 3.63) is 35.4 Å². The second kappa shape index (κ2) is 4.76. The van der Waals surface area contributed by atoms with Gasteiger partial charge in [-0.25, -0.2) is 0 Å². The van der Waals surface area contributed by atoms with Gasteiger partial charge in [0.05, 0.1) is 5.56 Å². The fourth-order valence-corrected chi connectivity index (χ4v) is 3.58. The number of piperidine rings is 1. The Labute approximate surface area is 117 Å². The van der Waals surface area contributed by atoms with Crippen molar-refractivity contribution in [3.8, 4) is 0 Å². The monoisotopic (exact) mass is 283 g/mol. The number of nitrogens with zero attached hydrogens (tertiary/aromatic N) is 1. The molecule has 20 heavy (non-hydrogen) atoms. The summed E-state index contributed by atoms with van der Waals surface area (Å²) in [6.07, 6.45) is -0.701. The van der Waals surface area contributed by atoms with Crippen molar-refractivity contribution in [2.24, 2.45) is 5.92 Å². The maximum absolute atomic E-state index is 12.6. The summed E-state index contributed by atoms with van der Waals surface area (Å²) in [5.74, 6) is 0.649. The van der Waals surface area contributed by atoms with Crippen LogP contribution in [-0.4, -0.2) is 24.5 Å². The summed E-state index contributed by atoms with van der Waals surface area (Å²) in [7, 11) is 0. The van der Waals surface area contributed by atoms with Crippen molar-refractivity contribution in [1.29, 1.82) is 0 Å². The fraction of sp³-hybridized carbons (Fsp3) is 0.625. The van der Waals surface area contributed by atoms with Gasteiger partial charge >= 0.3 is 6.18 Å². The van der Waals surface area contributed by atoms with Gasteiger partial charge in [0, 0.05) is 18.5 Å². The van der Waals surface area contributed by atoms with Gasteiger partial charge in [0.15, 0.2) is 0 Å². The summed E-state index contributed by atoms with van der Waals surface area (Å²) in [6.45, 7) is 5.43. The third kappa shape index (κ3) is 2.34. The molecule has 1 aromatic carbocycles. The molecule has 0 N–H and O–H groups in total. The van der Waals surface area contributed by atoms with Crippen LogP contribution in [0.3, 0.4) is 0 Å². The molecule has 1 unspecified atom stereocenters. The third-order valence-corrected chi connectivity index (χ3v) is 4.83. The first kappa shape index (κ1) is 13.9. The van der Waals surface area contributed by atoms with E-state index in [4.69, 9.17) is 0 Å². The Morgan fingerprint density at radius 1 is 1.25 bits per heavy atom. The SMILES string of the molecule is CCCCN1C[C@H]2CC2(c2ccc(C(F)(F)F)cc2)C1. The Morgan fingerprint density at radius 2 is 1.95 bits per heavy atom. The minimum Gasteiger partial charge on any atom is -0.302 e. The van der Waals surface area contributed by atoms with E-state index in [1.54, 1.807) is 12.1 Å². The maximum atomic E-state index is 12.6. The van der Waals surface area contributed by atoms with Crippen LogP contribution in [0.25, 0.3) is 0 Å². The van der Waals surface area contributed by atoms with E-state index >= 15 is 0 Å². The van der Waals surface area contributed by atoms with Crippen LogP contribution < -0.4 is 0 Å². The number of rotatable bonds is 4. The Morgan fingerprint density at radius 3 is 2.55 bits per heavy atom. The number of hydrogen-bond donors (Lipinski definition) is 0. The van der Waals surface area contributed by atoms with Crippen LogP contribution in [-0.2, 0) is 11.6 Å². The molecular formula is C16H20F3N. The number of unbranched alkanes of at least 4 members (excludes halogenated alkanes) is 1. The van der Waals surface area contributed by atoms with E-state index in [1.165, 1.54) is 25.0 Å². The zero-order chi connectivity index (χ0) is 14.4. The van der Waals surface area contributed by atoms with Crippen LogP contribution in [0.2, 0.25) is 0 Å². The zero-order valence-electron chi connectivity index (χ0n) is 11.7. The molecule has 0 bridgehead atoms. The van der Waals surface area contributed by atoms with Crippen LogP contribution >= 0.6 is 0 Å². The highest BCUT2D eigenvalue weighted by Gasteiger charge is 2.60. The van der Waals surface area contributed by atoms with Crippen LogP contribution in [0.15, 0.2) is 24.3 Å². The van der Waals surface area contributed by atoms with Crippen LogP contribution in [0.1, 0.15) is 37.3 Å². The predicted octanol–water partition coefficient (Wildman–Crippen LogP) is 4.08. The van der Waals surface area contributed by atoms with Gasteiger partial charge < -0.3 is 4.90 Å². The molecule has 1 aliphatic carbocycles. The summed E-state index contributed by atoms with van der Waals surface area (Å²) < 4.78 is 37.8. The second-order valence-corrected chi connectivity index (χ2v) is 6.22. The first-order valence-electron chi connectivity index (χ1n) is 7.36. The van der Waals surface area contributed by atoms with Crippen molar-refractivity contribution in [1.82, 2.24) is 4.90 Å². The number of benzene rings is 1. The van der Waals surface area contributed by atoms with Crippen LogP contribution in [0.5, 0.6) is 0 Å². The van der Waals surface area contributed by atoms with Gasteiger partial charge in [-0.3, -0.25) is 0 Å². The normalized spacial score (nSPS) is 29.5. The average molecular weight is 283 g/mol. The first-order valence-corrected chi connectivity index (χ1v) is 7.36. The van der Waals surface area contributed by atoms with Gasteiger partial charge in [-0.15, -0.1) is 0 Å². The van der Waals surface area contributed by atoms with Gasteiger partial charge in [0.25, 0.3) is 0 Å². The number of halogens is 3. The number of likely N-dealkylation sites (tertiary alicyclic amines) is 1. The Hall–Kier alpha value is -1.03. The standard InChI is InChI=1S/C16H20F3N/c1-2-3-8-20-10-14-9-15(14,11-20)12-4-6-13(7-5-12)16(17,18)19/h4-7,14H,2-3,8-11H2,1H3/t14-,15?/m1/s1. The Bertz CT molecular complexity index is 479. The molecule has 1 aliphatic heterocycles. The van der Waals surface area contributed by atoms with Gasteiger partial charge in [-0.05, 0) is 43.0 Å². The smallest absolute Gasteiger partial charge is 0.302 e. The summed E-state index contributed by atoms with van der Waals surface area (Å²) in [6, 6.07) is 5.83. The lowest BCUT2D eigenvalue weighted by Crippen LogP contribution is -2.27. The van der Waals surface area contributed by atoms with E-state index in [0.717, 1.165) is 31.6 Å². The lowest BCUT2D eigenvalue weighted by atomic mass is 9.94. The third-order valence-electron chi connectivity index (χ3n) is 4.83. The molecule has 1 aromatic rings. The van der Waals surface area contributed by atoms with E-state index < -0.39 is 11.7 Å². The van der Waals surface area contributed by atoms with Gasteiger partial charge in [0.2, 0.25) is 0 Å². The molecule has 2 aliphatic rings. The number of fused-ring (bicyclic) bond motifs is 1. The summed E-state index contributed by atoms with van der Waals surface area (Å²) in [4.78, 5) is 2.47. The molecule has 0 amide bonds. The minimum absolute atomic E-state index is 0.151. The van der Waals surface area contributed by atoms with E-state index in [-0.39, 0.29) is 5.41 Å². The molecule has 4 heteroatoms. The van der Waals surface area contributed by atoms with E-state index in [2.05, 4.69) is 11.8 Å². The summed E-state index contributed by atoms with van der Waals surface area (Å²) in [5.41, 5.74) is 0.697. The first-order chi connectivity index (χ1) is 9.45. The summed E-state index contributed by atoms with van der Waals surface area (Å²) >= 11 is 0. The summed E-state index contributed by atoms with van der Waals surface area (Å²) in [5, 5.41) is 0. The number of alkyl halides is 3. The molecule has 110 valence electrons.